The van der Waals surface area contributed by atoms with Crippen LogP contribution in [0.1, 0.15) is 1.43 Å². The molecule has 0 bridgehead atoms. The first-order valence-corrected chi connectivity index (χ1v) is 2.29. The third-order valence-corrected chi connectivity index (χ3v) is 0.368. The quantitative estimate of drug-likeness (QED) is 0.391. The molecule has 2 amide bonds. The normalized spacial score (nSPS) is 6.50. The Labute approximate surface area is 60.1 Å². The van der Waals surface area contributed by atoms with Crippen LogP contribution in [0.4, 0.5) is 4.79 Å². The number of carbonyl (C=O) groups excluding carboxylic acids is 2. The Morgan fingerprint density at radius 1 is 1.60 bits per heavy atom. The third-order valence-electron chi connectivity index (χ3n) is 0.368. The van der Waals surface area contributed by atoms with Crippen molar-refractivity contribution in [3.05, 3.63) is 12.7 Å². The largest absolute Gasteiger partial charge is 0.466 e. The Kier molecular flexibility index (Phi) is 8.45. The highest BCUT2D eigenvalue weighted by molar-refractivity contribution is 5.80. The van der Waals surface area contributed by atoms with Crippen LogP contribution in [-0.2, 0) is 9.53 Å². The highest BCUT2D eigenvalue weighted by atomic mass is 16.5. The fourth-order valence-electron chi connectivity index (χ4n) is 0.0833. The second-order valence-electron chi connectivity index (χ2n) is 1.13. The second kappa shape index (κ2) is 7.48. The lowest BCUT2D eigenvalue weighted by molar-refractivity contribution is -0.134. The van der Waals surface area contributed by atoms with E-state index >= 15 is 0 Å². The van der Waals surface area contributed by atoms with Gasteiger partial charge in [0, 0.05) is 7.50 Å². The number of ether oxygens (including phenoxy) is 1. The first kappa shape index (κ1) is 11.3. The van der Waals surface area contributed by atoms with Gasteiger partial charge in [-0.2, -0.15) is 0 Å². The molecule has 0 aliphatic carbocycles. The van der Waals surface area contributed by atoms with E-state index in [1.165, 1.54) is 7.11 Å². The van der Waals surface area contributed by atoms with Crippen molar-refractivity contribution in [1.82, 2.24) is 0 Å². The van der Waals surface area contributed by atoms with Crippen molar-refractivity contribution in [2.45, 2.75) is 0 Å². The van der Waals surface area contributed by atoms with Crippen molar-refractivity contribution in [3.63, 3.8) is 0 Å². The van der Waals surface area contributed by atoms with E-state index < -0.39 is 12.0 Å². The van der Waals surface area contributed by atoms with Crippen LogP contribution in [-0.4, -0.2) is 19.1 Å². The van der Waals surface area contributed by atoms with Gasteiger partial charge in [-0.05, 0) is 0 Å². The number of amides is 2. The Balaban J connectivity index is -0.000000114. The summed E-state index contributed by atoms with van der Waals surface area (Å²) in [4.78, 5) is 18.8. The van der Waals surface area contributed by atoms with Crippen LogP contribution in [0.15, 0.2) is 12.7 Å². The number of hydrogen-bond acceptors (Lipinski definition) is 3. The van der Waals surface area contributed by atoms with Gasteiger partial charge in [0.05, 0.1) is 7.11 Å². The summed E-state index contributed by atoms with van der Waals surface area (Å²) in [6, 6.07) is -0.833. The van der Waals surface area contributed by atoms with Gasteiger partial charge in [-0.15, -0.1) is 0 Å². The number of methoxy groups -OCH3 is 1. The summed E-state index contributed by atoms with van der Waals surface area (Å²) in [6.07, 6.45) is 1.11. The first-order chi connectivity index (χ1) is 4.54. The summed E-state index contributed by atoms with van der Waals surface area (Å²) in [7, 11) is 1.31. The molecule has 0 saturated carbocycles. The highest BCUT2D eigenvalue weighted by Crippen LogP contribution is 1.67. The zero-order chi connectivity index (χ0) is 8.57. The van der Waals surface area contributed by atoms with Crippen molar-refractivity contribution >= 4 is 12.0 Å². The van der Waals surface area contributed by atoms with Crippen molar-refractivity contribution in [3.8, 4) is 0 Å². The highest BCUT2D eigenvalue weighted by Gasteiger charge is 1.81. The third kappa shape index (κ3) is 31.6. The standard InChI is InChI=1S/C4H6O2.CH4N2O.H2/c1-3-4(5)6-2;2-1(3)4;/h3H,1H2,2H3;(H4,2,3,4);1H. The minimum absolute atomic E-state index is 0. The molecule has 0 unspecified atom stereocenters. The van der Waals surface area contributed by atoms with Gasteiger partial charge in [-0.3, -0.25) is 0 Å². The van der Waals surface area contributed by atoms with Crippen LogP contribution < -0.4 is 11.5 Å². The molecule has 0 aromatic heterocycles. The molecule has 0 aliphatic heterocycles. The topological polar surface area (TPSA) is 95.4 Å². The Morgan fingerprint density at radius 2 is 1.90 bits per heavy atom. The van der Waals surface area contributed by atoms with Gasteiger partial charge in [0.25, 0.3) is 0 Å². The molecule has 0 spiro atoms. The Bertz CT molecular complexity index is 134. The van der Waals surface area contributed by atoms with E-state index in [0.717, 1.165) is 6.08 Å². The molecule has 0 aromatic carbocycles. The molecule has 60 valence electrons. The van der Waals surface area contributed by atoms with Gasteiger partial charge in [-0.1, -0.05) is 6.58 Å². The first-order valence-electron chi connectivity index (χ1n) is 2.29. The number of hydrogen-bond donors (Lipinski definition) is 2. The molecule has 0 rings (SSSR count). The zero-order valence-electron chi connectivity index (χ0n) is 5.66. The summed E-state index contributed by atoms with van der Waals surface area (Å²) in [5.41, 5.74) is 8.50. The van der Waals surface area contributed by atoms with Crippen LogP contribution in [0.3, 0.4) is 0 Å². The van der Waals surface area contributed by atoms with E-state index in [0.29, 0.717) is 0 Å². The van der Waals surface area contributed by atoms with Crippen molar-refractivity contribution < 1.29 is 15.8 Å². The van der Waals surface area contributed by atoms with Crippen LogP contribution >= 0.6 is 0 Å². The van der Waals surface area contributed by atoms with E-state index in [1.807, 2.05) is 0 Å². The van der Waals surface area contributed by atoms with E-state index in [4.69, 9.17) is 4.79 Å². The smallest absolute Gasteiger partial charge is 0.329 e. The van der Waals surface area contributed by atoms with Gasteiger partial charge < -0.3 is 16.2 Å². The van der Waals surface area contributed by atoms with Crippen molar-refractivity contribution in [2.75, 3.05) is 7.11 Å². The summed E-state index contributed by atoms with van der Waals surface area (Å²) >= 11 is 0. The lowest BCUT2D eigenvalue weighted by Gasteiger charge is -1.83. The van der Waals surface area contributed by atoms with E-state index in [-0.39, 0.29) is 1.43 Å². The summed E-state index contributed by atoms with van der Waals surface area (Å²) < 4.78 is 4.14. The van der Waals surface area contributed by atoms with E-state index in [2.05, 4.69) is 22.8 Å². The van der Waals surface area contributed by atoms with Crippen LogP contribution in [0, 0.1) is 0 Å². The molecule has 5 nitrogen and oxygen atoms in total. The molecule has 5 heteroatoms. The maximum Gasteiger partial charge on any atom is 0.329 e. The van der Waals surface area contributed by atoms with Crippen molar-refractivity contribution in [1.29, 1.82) is 0 Å². The molecule has 0 aromatic rings. The molecule has 0 heterocycles. The number of carbonyl (C=O) groups is 2. The van der Waals surface area contributed by atoms with Gasteiger partial charge in [-0.25, -0.2) is 9.59 Å². The zero-order valence-corrected chi connectivity index (χ0v) is 5.66. The predicted octanol–water partition coefficient (Wildman–Crippen LogP) is -0.385. The average molecular weight is 148 g/mol. The van der Waals surface area contributed by atoms with Crippen LogP contribution in [0.2, 0.25) is 0 Å². The minimum atomic E-state index is -0.833. The minimum Gasteiger partial charge on any atom is -0.466 e. The van der Waals surface area contributed by atoms with Gasteiger partial charge >= 0.3 is 12.0 Å². The number of primary amides is 2. The Morgan fingerprint density at radius 3 is 1.90 bits per heavy atom. The SMILES string of the molecule is C=CC(=O)OC.NC(N)=O.[HH]. The lowest BCUT2D eigenvalue weighted by Crippen LogP contribution is -2.18. The lowest BCUT2D eigenvalue weighted by atomic mass is 10.7. The van der Waals surface area contributed by atoms with E-state index in [1.54, 1.807) is 0 Å². The van der Waals surface area contributed by atoms with Gasteiger partial charge in [0.1, 0.15) is 0 Å². The summed E-state index contributed by atoms with van der Waals surface area (Å²) in [5.74, 6) is -0.394. The number of rotatable bonds is 1. The molecular formula is C5H12N2O3. The van der Waals surface area contributed by atoms with Gasteiger partial charge in [0.15, 0.2) is 0 Å². The maximum atomic E-state index is 9.84. The van der Waals surface area contributed by atoms with Crippen LogP contribution in [0.25, 0.3) is 0 Å². The number of urea groups is 1. The fourth-order valence-corrected chi connectivity index (χ4v) is 0.0833. The molecule has 4 N–H and O–H groups in total. The van der Waals surface area contributed by atoms with Crippen LogP contribution in [0.5, 0.6) is 0 Å². The fraction of sp³-hybridized carbons (Fsp3) is 0.200. The maximum absolute atomic E-state index is 9.84. The van der Waals surface area contributed by atoms with Gasteiger partial charge in [0.2, 0.25) is 0 Å². The van der Waals surface area contributed by atoms with E-state index in [9.17, 15) is 4.79 Å². The molecule has 0 atom stereocenters. The number of esters is 1. The summed E-state index contributed by atoms with van der Waals surface area (Å²) in [5, 5.41) is 0. The average Bonchev–Trinajstić information content (AvgIpc) is 1.85. The molecule has 0 aliphatic rings. The number of nitrogens with two attached hydrogens (primary N) is 2. The predicted molar refractivity (Wildman–Crippen MR) is 38.1 cm³/mol. The molecule has 10 heavy (non-hydrogen) atoms. The molecule has 0 radical (unpaired) electrons. The Hall–Kier alpha value is -1.52. The van der Waals surface area contributed by atoms with Crippen molar-refractivity contribution in [2.24, 2.45) is 11.5 Å². The monoisotopic (exact) mass is 148 g/mol. The second-order valence-corrected chi connectivity index (χ2v) is 1.13. The molecule has 0 fully saturated rings. The molecular weight excluding hydrogens is 136 g/mol. The molecule has 0 saturated heterocycles. The summed E-state index contributed by atoms with van der Waals surface area (Å²) in [6.45, 7) is 3.16.